The molecule has 4 nitrogen and oxygen atoms in total. The third kappa shape index (κ3) is 3.18. The fraction of sp³-hybridized carbons (Fsp3) is 0.500. The topological polar surface area (TPSA) is 55.0 Å². The summed E-state index contributed by atoms with van der Waals surface area (Å²) in [5.74, 6) is 1.33. The van der Waals surface area contributed by atoms with Crippen LogP contribution < -0.4 is 10.6 Å². The first kappa shape index (κ1) is 14.3. The molecular formula is C16H22N4S. The predicted octanol–water partition coefficient (Wildman–Crippen LogP) is 3.80. The number of hydrogen-bond donors (Lipinski definition) is 1. The number of aromatic nitrogens is 2. The van der Waals surface area contributed by atoms with Gasteiger partial charge in [-0.1, -0.05) is 19.9 Å². The Morgan fingerprint density at radius 1 is 1.43 bits per heavy atom. The van der Waals surface area contributed by atoms with Gasteiger partial charge < -0.3 is 10.6 Å². The van der Waals surface area contributed by atoms with E-state index in [4.69, 9.17) is 5.73 Å². The largest absolute Gasteiger partial charge is 0.382 e. The van der Waals surface area contributed by atoms with Gasteiger partial charge in [-0.2, -0.15) is 4.37 Å². The molecule has 1 aliphatic rings. The Bertz CT molecular complexity index is 590. The molecule has 2 N–H and O–H groups in total. The fourth-order valence-electron chi connectivity index (χ4n) is 2.50. The van der Waals surface area contributed by atoms with Gasteiger partial charge in [0.1, 0.15) is 10.8 Å². The van der Waals surface area contributed by atoms with Crippen LogP contribution in [0.15, 0.2) is 24.5 Å². The zero-order valence-electron chi connectivity index (χ0n) is 12.6. The predicted molar refractivity (Wildman–Crippen MR) is 89.6 cm³/mol. The zero-order valence-corrected chi connectivity index (χ0v) is 13.4. The summed E-state index contributed by atoms with van der Waals surface area (Å²) >= 11 is 1.52. The SMILES string of the molecule is CC(C)CCN(c1snc(N)c1-c1cccnc1)C1CC1. The van der Waals surface area contributed by atoms with Crippen LogP contribution in [0.1, 0.15) is 33.1 Å². The van der Waals surface area contributed by atoms with E-state index in [9.17, 15) is 0 Å². The molecule has 0 radical (unpaired) electrons. The number of anilines is 2. The Kier molecular flexibility index (Phi) is 4.10. The van der Waals surface area contributed by atoms with Gasteiger partial charge in [0.05, 0.1) is 5.56 Å². The molecule has 0 amide bonds. The number of nitrogens with zero attached hydrogens (tertiary/aromatic N) is 3. The highest BCUT2D eigenvalue weighted by atomic mass is 32.1. The van der Waals surface area contributed by atoms with Crippen LogP contribution in [0.2, 0.25) is 0 Å². The Hall–Kier alpha value is -1.62. The van der Waals surface area contributed by atoms with E-state index in [0.29, 0.717) is 17.8 Å². The van der Waals surface area contributed by atoms with E-state index in [2.05, 4.69) is 34.2 Å². The van der Waals surface area contributed by atoms with Gasteiger partial charge in [-0.25, -0.2) is 0 Å². The normalized spacial score (nSPS) is 14.6. The lowest BCUT2D eigenvalue weighted by molar-refractivity contribution is 0.572. The van der Waals surface area contributed by atoms with Crippen molar-refractivity contribution in [2.24, 2.45) is 5.92 Å². The molecule has 2 aromatic rings. The van der Waals surface area contributed by atoms with E-state index in [1.807, 2.05) is 12.3 Å². The highest BCUT2D eigenvalue weighted by Crippen LogP contribution is 2.43. The van der Waals surface area contributed by atoms with Crippen LogP contribution in [0.5, 0.6) is 0 Å². The minimum Gasteiger partial charge on any atom is -0.382 e. The van der Waals surface area contributed by atoms with E-state index in [1.54, 1.807) is 6.20 Å². The third-order valence-electron chi connectivity index (χ3n) is 3.85. The van der Waals surface area contributed by atoms with Crippen molar-refractivity contribution in [3.05, 3.63) is 24.5 Å². The first-order valence-corrected chi connectivity index (χ1v) is 8.36. The minimum absolute atomic E-state index is 0.623. The standard InChI is InChI=1S/C16H22N4S/c1-11(2)7-9-20(13-5-6-13)16-14(15(17)19-21-16)12-4-3-8-18-10-12/h3-4,8,10-11,13H,5-7,9H2,1-2H3,(H2,17,19). The Balaban J connectivity index is 1.93. The molecule has 0 aromatic carbocycles. The number of nitrogen functional groups attached to an aromatic ring is 1. The number of hydrogen-bond acceptors (Lipinski definition) is 5. The van der Waals surface area contributed by atoms with Gasteiger partial charge in [-0.05, 0) is 42.8 Å². The lowest BCUT2D eigenvalue weighted by atomic mass is 10.1. The van der Waals surface area contributed by atoms with Crippen molar-refractivity contribution in [3.63, 3.8) is 0 Å². The zero-order chi connectivity index (χ0) is 14.8. The van der Waals surface area contributed by atoms with Crippen LogP contribution in [-0.2, 0) is 0 Å². The van der Waals surface area contributed by atoms with Crippen LogP contribution >= 0.6 is 11.5 Å². The van der Waals surface area contributed by atoms with Crippen molar-refractivity contribution >= 4 is 22.4 Å². The van der Waals surface area contributed by atoms with Gasteiger partial charge >= 0.3 is 0 Å². The summed E-state index contributed by atoms with van der Waals surface area (Å²) < 4.78 is 4.40. The molecular weight excluding hydrogens is 280 g/mol. The first-order valence-electron chi connectivity index (χ1n) is 7.59. The molecule has 2 heterocycles. The maximum atomic E-state index is 6.13. The molecule has 21 heavy (non-hydrogen) atoms. The van der Waals surface area contributed by atoms with Gasteiger partial charge in [0.25, 0.3) is 0 Å². The minimum atomic E-state index is 0.623. The van der Waals surface area contributed by atoms with Gasteiger partial charge in [0.2, 0.25) is 0 Å². The quantitative estimate of drug-likeness (QED) is 0.881. The average Bonchev–Trinajstić information content (AvgIpc) is 3.23. The van der Waals surface area contributed by atoms with Crippen LogP contribution in [0.25, 0.3) is 11.1 Å². The van der Waals surface area contributed by atoms with Crippen molar-refractivity contribution in [1.82, 2.24) is 9.36 Å². The number of rotatable bonds is 6. The second kappa shape index (κ2) is 6.02. The van der Waals surface area contributed by atoms with Gasteiger partial charge in [-0.3, -0.25) is 4.98 Å². The summed E-state index contributed by atoms with van der Waals surface area (Å²) in [4.78, 5) is 6.73. The van der Waals surface area contributed by atoms with Crippen LogP contribution in [0.4, 0.5) is 10.8 Å². The molecule has 1 fully saturated rings. The lowest BCUT2D eigenvalue weighted by Gasteiger charge is -2.25. The van der Waals surface area contributed by atoms with Crippen LogP contribution in [-0.4, -0.2) is 21.9 Å². The molecule has 0 aliphatic heterocycles. The number of pyridine rings is 1. The number of nitrogens with two attached hydrogens (primary N) is 1. The van der Waals surface area contributed by atoms with Crippen LogP contribution in [0.3, 0.4) is 0 Å². The monoisotopic (exact) mass is 302 g/mol. The molecule has 1 saturated carbocycles. The molecule has 0 bridgehead atoms. The van der Waals surface area contributed by atoms with Crippen molar-refractivity contribution in [2.75, 3.05) is 17.2 Å². The molecule has 0 unspecified atom stereocenters. The van der Waals surface area contributed by atoms with E-state index < -0.39 is 0 Å². The van der Waals surface area contributed by atoms with E-state index in [-0.39, 0.29) is 0 Å². The maximum absolute atomic E-state index is 6.13. The Labute approximate surface area is 130 Å². The van der Waals surface area contributed by atoms with E-state index >= 15 is 0 Å². The van der Waals surface area contributed by atoms with Crippen molar-refractivity contribution in [3.8, 4) is 11.1 Å². The summed E-state index contributed by atoms with van der Waals surface area (Å²) in [5, 5.41) is 1.21. The first-order chi connectivity index (χ1) is 10.2. The van der Waals surface area contributed by atoms with Crippen molar-refractivity contribution in [2.45, 2.75) is 39.2 Å². The summed E-state index contributed by atoms with van der Waals surface area (Å²) in [6, 6.07) is 4.68. The van der Waals surface area contributed by atoms with E-state index in [1.165, 1.54) is 35.8 Å². The molecule has 0 saturated heterocycles. The Morgan fingerprint density at radius 2 is 2.24 bits per heavy atom. The third-order valence-corrected chi connectivity index (χ3v) is 4.75. The molecule has 0 atom stereocenters. The fourth-order valence-corrected chi connectivity index (χ4v) is 3.44. The molecule has 112 valence electrons. The average molecular weight is 302 g/mol. The van der Waals surface area contributed by atoms with Crippen LogP contribution in [0, 0.1) is 5.92 Å². The van der Waals surface area contributed by atoms with E-state index in [0.717, 1.165) is 17.7 Å². The molecule has 5 heteroatoms. The lowest BCUT2D eigenvalue weighted by Crippen LogP contribution is -2.27. The van der Waals surface area contributed by atoms with Gasteiger partial charge in [0.15, 0.2) is 0 Å². The Morgan fingerprint density at radius 3 is 2.86 bits per heavy atom. The second-order valence-electron chi connectivity index (χ2n) is 6.10. The van der Waals surface area contributed by atoms with Gasteiger partial charge in [0, 0.05) is 30.5 Å². The summed E-state index contributed by atoms with van der Waals surface area (Å²) in [6.07, 6.45) is 7.42. The highest BCUT2D eigenvalue weighted by molar-refractivity contribution is 7.11. The smallest absolute Gasteiger partial charge is 0.147 e. The molecule has 1 aliphatic carbocycles. The summed E-state index contributed by atoms with van der Waals surface area (Å²) in [7, 11) is 0. The molecule has 0 spiro atoms. The molecule has 2 aromatic heterocycles. The molecule has 3 rings (SSSR count). The van der Waals surface area contributed by atoms with Gasteiger partial charge in [-0.15, -0.1) is 0 Å². The van der Waals surface area contributed by atoms with Crippen molar-refractivity contribution in [1.29, 1.82) is 0 Å². The summed E-state index contributed by atoms with van der Waals surface area (Å²) in [5.41, 5.74) is 8.26. The summed E-state index contributed by atoms with van der Waals surface area (Å²) in [6.45, 7) is 5.62. The highest BCUT2D eigenvalue weighted by Gasteiger charge is 2.32. The maximum Gasteiger partial charge on any atom is 0.147 e. The van der Waals surface area contributed by atoms with Crippen molar-refractivity contribution < 1.29 is 0 Å². The second-order valence-corrected chi connectivity index (χ2v) is 6.85.